The lowest BCUT2D eigenvalue weighted by atomic mass is 9.60. The van der Waals surface area contributed by atoms with E-state index in [2.05, 4.69) is 0 Å². The highest BCUT2D eigenvalue weighted by Crippen LogP contribution is 2.69. The second-order valence-corrected chi connectivity index (χ2v) is 11.4. The van der Waals surface area contributed by atoms with Gasteiger partial charge in [0.1, 0.15) is 5.41 Å². The van der Waals surface area contributed by atoms with Crippen LogP contribution in [0, 0.1) is 5.41 Å². The number of nitrogens with zero attached hydrogens (tertiary/aromatic N) is 1. The molecule has 0 N–H and O–H groups in total. The van der Waals surface area contributed by atoms with Crippen LogP contribution in [0.2, 0.25) is 0 Å². The standard InChI is InChI=1S/C38H25NO4/c40-33-27-20-10-11-21-28(27)34(41)37(33)31(24-14-4-1-5-15-24)38(35(42)29-22-12-13-23-30(29)36(38)43)39(26-18-8-3-9-19-26)32(37)25-16-6-2-7-17-25/h1-23,31-32H/t31-,32-/m1/s1. The van der Waals surface area contributed by atoms with E-state index in [4.69, 9.17) is 0 Å². The van der Waals surface area contributed by atoms with E-state index in [0.717, 1.165) is 0 Å². The Labute approximate surface area is 248 Å². The number of carbonyl (C=O) groups excluding carboxylic acids is 4. The Morgan fingerprint density at radius 3 is 1.26 bits per heavy atom. The first kappa shape index (κ1) is 25.3. The lowest BCUT2D eigenvalue weighted by molar-refractivity contribution is 0.0620. The van der Waals surface area contributed by atoms with Gasteiger partial charge in [0.05, 0.1) is 6.04 Å². The normalized spacial score (nSPS) is 21.1. The van der Waals surface area contributed by atoms with E-state index in [1.807, 2.05) is 95.9 Å². The van der Waals surface area contributed by atoms with Crippen LogP contribution in [0.4, 0.5) is 5.69 Å². The van der Waals surface area contributed by atoms with Gasteiger partial charge in [0.15, 0.2) is 28.7 Å². The molecule has 0 aromatic heterocycles. The van der Waals surface area contributed by atoms with Gasteiger partial charge < -0.3 is 4.90 Å². The summed E-state index contributed by atoms with van der Waals surface area (Å²) >= 11 is 0. The van der Waals surface area contributed by atoms with Crippen LogP contribution >= 0.6 is 0 Å². The van der Waals surface area contributed by atoms with Crippen LogP contribution in [0.3, 0.4) is 0 Å². The van der Waals surface area contributed by atoms with Gasteiger partial charge in [0.2, 0.25) is 0 Å². The summed E-state index contributed by atoms with van der Waals surface area (Å²) in [5.74, 6) is -2.66. The van der Waals surface area contributed by atoms with Gasteiger partial charge in [0.25, 0.3) is 0 Å². The maximum atomic E-state index is 15.1. The number of hydrogen-bond donors (Lipinski definition) is 0. The summed E-state index contributed by atoms with van der Waals surface area (Å²) in [4.78, 5) is 62.3. The molecule has 5 aromatic carbocycles. The Morgan fingerprint density at radius 1 is 0.419 bits per heavy atom. The highest BCUT2D eigenvalue weighted by Gasteiger charge is 2.80. The molecule has 2 atom stereocenters. The first-order valence-corrected chi connectivity index (χ1v) is 14.4. The van der Waals surface area contributed by atoms with Crippen molar-refractivity contribution in [1.82, 2.24) is 0 Å². The molecule has 5 heteroatoms. The van der Waals surface area contributed by atoms with Crippen LogP contribution in [0.25, 0.3) is 0 Å². The Kier molecular flexibility index (Phi) is 5.32. The molecule has 206 valence electrons. The third-order valence-corrected chi connectivity index (χ3v) is 9.50. The van der Waals surface area contributed by atoms with Crippen molar-refractivity contribution in [3.8, 4) is 0 Å². The third kappa shape index (κ3) is 3.01. The van der Waals surface area contributed by atoms with Crippen molar-refractivity contribution in [3.05, 3.63) is 173 Å². The number of hydrogen-bond acceptors (Lipinski definition) is 5. The molecular weight excluding hydrogens is 534 g/mol. The molecule has 8 rings (SSSR count). The Bertz CT molecular complexity index is 1770. The molecule has 0 unspecified atom stereocenters. The average molecular weight is 560 g/mol. The number of Topliss-reactive ketones (excluding diaryl/α,β-unsaturated/α-hetero) is 4. The van der Waals surface area contributed by atoms with Gasteiger partial charge in [-0.05, 0) is 23.3 Å². The number of carbonyl (C=O) groups is 4. The molecule has 1 aliphatic heterocycles. The molecule has 0 radical (unpaired) electrons. The molecular formula is C38H25NO4. The van der Waals surface area contributed by atoms with Crippen molar-refractivity contribution in [1.29, 1.82) is 0 Å². The van der Waals surface area contributed by atoms with Crippen molar-refractivity contribution in [2.75, 3.05) is 4.90 Å². The Hall–Kier alpha value is -5.42. The highest BCUT2D eigenvalue weighted by molar-refractivity contribution is 6.39. The summed E-state index contributed by atoms with van der Waals surface area (Å²) in [7, 11) is 0. The maximum Gasteiger partial charge on any atom is 0.197 e. The largest absolute Gasteiger partial charge is 0.343 e. The quantitative estimate of drug-likeness (QED) is 0.225. The van der Waals surface area contributed by atoms with Crippen molar-refractivity contribution in [3.63, 3.8) is 0 Å². The van der Waals surface area contributed by atoms with Crippen LogP contribution in [0.15, 0.2) is 140 Å². The van der Waals surface area contributed by atoms with Gasteiger partial charge in [-0.3, -0.25) is 19.2 Å². The Morgan fingerprint density at radius 2 is 0.791 bits per heavy atom. The zero-order valence-corrected chi connectivity index (χ0v) is 23.0. The Balaban J connectivity index is 1.58. The van der Waals surface area contributed by atoms with Crippen LogP contribution in [-0.2, 0) is 0 Å². The number of anilines is 1. The summed E-state index contributed by atoms with van der Waals surface area (Å²) in [6.07, 6.45) is 0. The molecule has 43 heavy (non-hydrogen) atoms. The third-order valence-electron chi connectivity index (χ3n) is 9.50. The second-order valence-electron chi connectivity index (χ2n) is 11.4. The van der Waals surface area contributed by atoms with Gasteiger partial charge in [0, 0.05) is 33.9 Å². The lowest BCUT2D eigenvalue weighted by Gasteiger charge is -2.40. The minimum atomic E-state index is -1.90. The molecule has 0 amide bonds. The van der Waals surface area contributed by atoms with E-state index in [0.29, 0.717) is 39.1 Å². The minimum absolute atomic E-state index is 0.300. The van der Waals surface area contributed by atoms with Gasteiger partial charge in [-0.1, -0.05) is 127 Å². The SMILES string of the molecule is O=C1c2ccccc2C(=O)C12[C@@H](c1ccccc1)C1(C(=O)c3ccccc3C1=O)N(c1ccccc1)[C@@H]2c1ccccc1. The summed E-state index contributed by atoms with van der Waals surface area (Å²) in [6, 6.07) is 40.5. The molecule has 5 nitrogen and oxygen atoms in total. The summed E-state index contributed by atoms with van der Waals surface area (Å²) < 4.78 is 0. The summed E-state index contributed by atoms with van der Waals surface area (Å²) in [5, 5.41) is 0. The van der Waals surface area contributed by atoms with Crippen LogP contribution in [0.5, 0.6) is 0 Å². The molecule has 1 saturated heterocycles. The van der Waals surface area contributed by atoms with Gasteiger partial charge in [-0.15, -0.1) is 0 Å². The first-order valence-electron chi connectivity index (χ1n) is 14.4. The number of fused-ring (bicyclic) bond motifs is 2. The van der Waals surface area contributed by atoms with E-state index >= 15 is 19.2 Å². The van der Waals surface area contributed by atoms with Crippen molar-refractivity contribution >= 4 is 28.8 Å². The molecule has 2 spiro atoms. The molecule has 2 aliphatic carbocycles. The molecule has 5 aromatic rings. The van der Waals surface area contributed by atoms with Gasteiger partial charge in [-0.25, -0.2) is 0 Å². The van der Waals surface area contributed by atoms with Crippen LogP contribution in [0.1, 0.15) is 64.5 Å². The predicted octanol–water partition coefficient (Wildman–Crippen LogP) is 6.92. The number of ketones is 4. The molecule has 1 heterocycles. The second kappa shape index (κ2) is 9.04. The molecule has 0 bridgehead atoms. The molecule has 3 aliphatic rings. The van der Waals surface area contributed by atoms with E-state index in [9.17, 15) is 0 Å². The summed E-state index contributed by atoms with van der Waals surface area (Å²) in [5.41, 5.74) is -0.635. The monoisotopic (exact) mass is 559 g/mol. The van der Waals surface area contributed by atoms with E-state index in [-0.39, 0.29) is 11.6 Å². The number of rotatable bonds is 3. The zero-order valence-electron chi connectivity index (χ0n) is 23.0. The minimum Gasteiger partial charge on any atom is -0.343 e. The van der Waals surface area contributed by atoms with E-state index < -0.39 is 34.5 Å². The topological polar surface area (TPSA) is 71.5 Å². The predicted molar refractivity (Wildman–Crippen MR) is 163 cm³/mol. The molecule has 1 fully saturated rings. The fraction of sp³-hybridized carbons (Fsp3) is 0.105. The number of benzene rings is 5. The lowest BCUT2D eigenvalue weighted by Crippen LogP contribution is -2.57. The van der Waals surface area contributed by atoms with E-state index in [1.54, 1.807) is 48.5 Å². The van der Waals surface area contributed by atoms with Crippen molar-refractivity contribution in [2.45, 2.75) is 17.5 Å². The first-order chi connectivity index (χ1) is 21.0. The van der Waals surface area contributed by atoms with Gasteiger partial charge in [-0.2, -0.15) is 0 Å². The average Bonchev–Trinajstić information content (AvgIpc) is 3.57. The van der Waals surface area contributed by atoms with Crippen molar-refractivity contribution < 1.29 is 19.2 Å². The summed E-state index contributed by atoms with van der Waals surface area (Å²) in [6.45, 7) is 0. The number of para-hydroxylation sites is 1. The highest BCUT2D eigenvalue weighted by atomic mass is 16.2. The van der Waals surface area contributed by atoms with E-state index in [1.165, 1.54) is 0 Å². The smallest absolute Gasteiger partial charge is 0.197 e. The van der Waals surface area contributed by atoms with Gasteiger partial charge >= 0.3 is 0 Å². The fourth-order valence-corrected chi connectivity index (χ4v) is 7.98. The molecule has 0 saturated carbocycles. The van der Waals surface area contributed by atoms with Crippen molar-refractivity contribution in [2.24, 2.45) is 5.41 Å². The zero-order chi connectivity index (χ0) is 29.3. The maximum absolute atomic E-state index is 15.1. The van der Waals surface area contributed by atoms with Crippen LogP contribution < -0.4 is 4.90 Å². The fourth-order valence-electron chi connectivity index (χ4n) is 7.98. The van der Waals surface area contributed by atoms with Crippen LogP contribution in [-0.4, -0.2) is 28.7 Å².